The van der Waals surface area contributed by atoms with Crippen molar-refractivity contribution in [3.8, 4) is 0 Å². The smallest absolute Gasteiger partial charge is 0.423 e. The molecular weight excluding hydrogens is 434 g/mol. The zero-order chi connectivity index (χ0) is 24.9. The van der Waals surface area contributed by atoms with Crippen LogP contribution in [0.25, 0.3) is 0 Å². The molecule has 0 spiro atoms. The largest absolute Gasteiger partial charge is 0.510 e. The summed E-state index contributed by atoms with van der Waals surface area (Å²) in [7, 11) is 0. The molecule has 0 aromatic heterocycles. The van der Waals surface area contributed by atoms with E-state index >= 15 is 0 Å². The molecule has 2 aliphatic rings. The number of rotatable bonds is 4. The predicted molar refractivity (Wildman–Crippen MR) is 129 cm³/mol. The molecular formula is C29H36F2O3. The first-order valence-electron chi connectivity index (χ1n) is 12.3. The summed E-state index contributed by atoms with van der Waals surface area (Å²) >= 11 is 0. The first kappa shape index (κ1) is 24.7. The first-order chi connectivity index (χ1) is 15.7. The van der Waals surface area contributed by atoms with Crippen LogP contribution in [-0.4, -0.2) is 6.16 Å². The Balaban J connectivity index is 1.60. The van der Waals surface area contributed by atoms with Crippen molar-refractivity contribution in [3.05, 3.63) is 70.3 Å². The summed E-state index contributed by atoms with van der Waals surface area (Å²) in [4.78, 5) is 13.1. The van der Waals surface area contributed by atoms with Crippen LogP contribution in [0.4, 0.5) is 13.6 Å². The van der Waals surface area contributed by atoms with Gasteiger partial charge >= 0.3 is 6.16 Å². The van der Waals surface area contributed by atoms with E-state index < -0.39 is 17.4 Å². The fraction of sp³-hybridized carbons (Fsp3) is 0.552. The third-order valence-corrected chi connectivity index (χ3v) is 7.46. The van der Waals surface area contributed by atoms with Crippen LogP contribution < -0.4 is 0 Å². The van der Waals surface area contributed by atoms with Crippen molar-refractivity contribution in [1.82, 2.24) is 0 Å². The Morgan fingerprint density at radius 1 is 0.676 bits per heavy atom. The Hall–Kier alpha value is -2.43. The highest BCUT2D eigenvalue weighted by Gasteiger charge is 2.48. The number of hydrogen-bond acceptors (Lipinski definition) is 3. The maximum absolute atomic E-state index is 14.5. The highest BCUT2D eigenvalue weighted by Crippen LogP contribution is 2.49. The summed E-state index contributed by atoms with van der Waals surface area (Å²) in [6, 6.07) is 9.88. The number of halogens is 2. The number of carbonyl (C=O) groups excluding carboxylic acids is 1. The van der Waals surface area contributed by atoms with E-state index in [2.05, 4.69) is 0 Å². The molecule has 34 heavy (non-hydrogen) atoms. The van der Waals surface area contributed by atoms with Crippen molar-refractivity contribution >= 4 is 6.16 Å². The van der Waals surface area contributed by atoms with Crippen LogP contribution in [0.5, 0.6) is 0 Å². The van der Waals surface area contributed by atoms with E-state index in [4.69, 9.17) is 9.47 Å². The van der Waals surface area contributed by atoms with Crippen molar-refractivity contribution < 1.29 is 23.0 Å². The molecule has 0 bridgehead atoms. The molecule has 2 aromatic rings. The lowest BCUT2D eigenvalue weighted by Crippen LogP contribution is -2.44. The molecule has 0 N–H and O–H groups in total. The minimum Gasteiger partial charge on any atom is -0.423 e. The highest BCUT2D eigenvalue weighted by molar-refractivity contribution is 5.63. The van der Waals surface area contributed by atoms with Crippen molar-refractivity contribution in [2.24, 2.45) is 0 Å². The average molecular weight is 471 g/mol. The van der Waals surface area contributed by atoms with E-state index in [1.807, 2.05) is 53.7 Å². The normalized spacial score (nSPS) is 19.1. The highest BCUT2D eigenvalue weighted by atomic mass is 19.1. The summed E-state index contributed by atoms with van der Waals surface area (Å²) in [6.07, 6.45) is 3.48. The Morgan fingerprint density at radius 2 is 1.03 bits per heavy atom. The zero-order valence-electron chi connectivity index (χ0n) is 21.2. The molecule has 2 aromatic carbocycles. The molecule has 0 amide bonds. The summed E-state index contributed by atoms with van der Waals surface area (Å²) in [5.74, 6) is -0.675. The van der Waals surface area contributed by atoms with Crippen LogP contribution in [0.3, 0.4) is 0 Å². The third kappa shape index (κ3) is 4.71. The molecule has 0 radical (unpaired) electrons. The monoisotopic (exact) mass is 470 g/mol. The van der Waals surface area contributed by atoms with E-state index in [0.29, 0.717) is 36.8 Å². The number of benzene rings is 2. The van der Waals surface area contributed by atoms with Gasteiger partial charge in [0.1, 0.15) is 22.8 Å². The third-order valence-electron chi connectivity index (χ3n) is 7.46. The summed E-state index contributed by atoms with van der Waals surface area (Å²) < 4.78 is 40.9. The zero-order valence-corrected chi connectivity index (χ0v) is 21.2. The van der Waals surface area contributed by atoms with E-state index in [1.165, 1.54) is 24.3 Å². The SMILES string of the molecule is CC(C)(C)c1cc(F)cc(C2(OC(=O)OC3(c4cc(F)cc(C(C)(C)C)c4)CCC3)CCC2)c1. The van der Waals surface area contributed by atoms with Gasteiger partial charge in [-0.15, -0.1) is 0 Å². The fourth-order valence-corrected chi connectivity index (χ4v) is 4.81. The molecule has 3 nitrogen and oxygen atoms in total. The topological polar surface area (TPSA) is 35.5 Å². The van der Waals surface area contributed by atoms with E-state index in [0.717, 1.165) is 24.0 Å². The van der Waals surface area contributed by atoms with E-state index in [1.54, 1.807) is 0 Å². The molecule has 184 valence electrons. The molecule has 5 heteroatoms. The fourth-order valence-electron chi connectivity index (χ4n) is 4.81. The van der Waals surface area contributed by atoms with Gasteiger partial charge in [0.2, 0.25) is 0 Å². The minimum absolute atomic E-state index is 0.236. The van der Waals surface area contributed by atoms with Gasteiger partial charge in [0, 0.05) is 0 Å². The summed E-state index contributed by atoms with van der Waals surface area (Å²) in [5, 5.41) is 0. The molecule has 0 aliphatic heterocycles. The Labute approximate surface area is 201 Å². The van der Waals surface area contributed by atoms with E-state index in [-0.39, 0.29) is 22.5 Å². The van der Waals surface area contributed by atoms with Gasteiger partial charge in [-0.05, 0) is 95.9 Å². The number of hydrogen-bond donors (Lipinski definition) is 0. The number of ether oxygens (including phenoxy) is 2. The quantitative estimate of drug-likeness (QED) is 0.423. The second-order valence-electron chi connectivity index (χ2n) is 12.1. The van der Waals surface area contributed by atoms with Crippen molar-refractivity contribution in [2.45, 2.75) is 102 Å². The van der Waals surface area contributed by atoms with Gasteiger partial charge in [-0.3, -0.25) is 0 Å². The van der Waals surface area contributed by atoms with Crippen molar-refractivity contribution in [3.63, 3.8) is 0 Å². The van der Waals surface area contributed by atoms with Gasteiger partial charge in [-0.25, -0.2) is 13.6 Å². The van der Waals surface area contributed by atoms with Gasteiger partial charge in [0.05, 0.1) is 0 Å². The van der Waals surface area contributed by atoms with Crippen LogP contribution in [0.2, 0.25) is 0 Å². The lowest BCUT2D eigenvalue weighted by molar-refractivity contribution is -0.135. The molecule has 4 rings (SSSR count). The van der Waals surface area contributed by atoms with Gasteiger partial charge in [-0.2, -0.15) is 0 Å². The number of carbonyl (C=O) groups is 1. The molecule has 2 fully saturated rings. The molecule has 0 unspecified atom stereocenters. The van der Waals surface area contributed by atoms with Gasteiger partial charge in [0.15, 0.2) is 0 Å². The Morgan fingerprint density at radius 3 is 1.29 bits per heavy atom. The van der Waals surface area contributed by atoms with Crippen LogP contribution in [0, 0.1) is 11.6 Å². The van der Waals surface area contributed by atoms with Crippen LogP contribution in [-0.2, 0) is 31.5 Å². The first-order valence-corrected chi connectivity index (χ1v) is 12.3. The second-order valence-corrected chi connectivity index (χ2v) is 12.1. The lowest BCUT2D eigenvalue weighted by atomic mass is 9.73. The van der Waals surface area contributed by atoms with Gasteiger partial charge in [-0.1, -0.05) is 53.7 Å². The van der Waals surface area contributed by atoms with Gasteiger partial charge < -0.3 is 9.47 Å². The average Bonchev–Trinajstić information content (AvgIpc) is 2.65. The minimum atomic E-state index is -0.886. The predicted octanol–water partition coefficient (Wildman–Crippen LogP) is 8.17. The van der Waals surface area contributed by atoms with Gasteiger partial charge in [0.25, 0.3) is 0 Å². The second kappa shape index (κ2) is 8.35. The Bertz CT molecular complexity index is 998. The molecule has 0 atom stereocenters. The standard InChI is InChI=1S/C29H36F2O3/c1-26(2,3)19-13-21(17-23(30)15-19)28(9-7-10-28)33-25(32)34-29(11-8-12-29)22-14-20(27(4,5)6)16-24(31)18-22/h13-18H,7-12H2,1-6H3. The molecule has 2 saturated carbocycles. The summed E-state index contributed by atoms with van der Waals surface area (Å²) in [6.45, 7) is 12.2. The van der Waals surface area contributed by atoms with Crippen LogP contribution in [0.1, 0.15) is 102 Å². The Kier molecular flexibility index (Phi) is 6.06. The molecule has 0 heterocycles. The molecule has 0 saturated heterocycles. The summed E-state index contributed by atoms with van der Waals surface area (Å²) in [5.41, 5.74) is 0.811. The van der Waals surface area contributed by atoms with Crippen LogP contribution >= 0.6 is 0 Å². The van der Waals surface area contributed by atoms with Crippen molar-refractivity contribution in [1.29, 1.82) is 0 Å². The van der Waals surface area contributed by atoms with Crippen molar-refractivity contribution in [2.75, 3.05) is 0 Å². The molecule has 2 aliphatic carbocycles. The van der Waals surface area contributed by atoms with E-state index in [9.17, 15) is 13.6 Å². The van der Waals surface area contributed by atoms with Crippen LogP contribution in [0.15, 0.2) is 36.4 Å². The maximum atomic E-state index is 14.5. The lowest BCUT2D eigenvalue weighted by Gasteiger charge is -2.45. The maximum Gasteiger partial charge on any atom is 0.510 e.